The van der Waals surface area contributed by atoms with E-state index in [9.17, 15) is 9.59 Å². The van der Waals surface area contributed by atoms with Gasteiger partial charge in [0.1, 0.15) is 0 Å². The van der Waals surface area contributed by atoms with Crippen LogP contribution in [0.25, 0.3) is 0 Å². The molecular formula is C21H31N3O3. The zero-order chi connectivity index (χ0) is 19.4. The Morgan fingerprint density at radius 2 is 1.81 bits per heavy atom. The second kappa shape index (κ2) is 8.74. The molecule has 0 atom stereocenters. The van der Waals surface area contributed by atoms with Crippen molar-refractivity contribution in [3.8, 4) is 0 Å². The van der Waals surface area contributed by atoms with Gasteiger partial charge < -0.3 is 19.4 Å². The van der Waals surface area contributed by atoms with Gasteiger partial charge in [0.15, 0.2) is 0 Å². The van der Waals surface area contributed by atoms with Gasteiger partial charge in [-0.3, -0.25) is 4.79 Å². The molecule has 1 saturated heterocycles. The van der Waals surface area contributed by atoms with E-state index in [4.69, 9.17) is 4.74 Å². The second-order valence-electron chi connectivity index (χ2n) is 8.09. The molecule has 27 heavy (non-hydrogen) atoms. The predicted octanol–water partition coefficient (Wildman–Crippen LogP) is 2.97. The molecule has 0 unspecified atom stereocenters. The van der Waals surface area contributed by atoms with Gasteiger partial charge >= 0.3 is 6.09 Å². The van der Waals surface area contributed by atoms with E-state index in [0.717, 1.165) is 18.8 Å². The fraction of sp³-hybridized carbons (Fsp3) is 0.619. The van der Waals surface area contributed by atoms with Gasteiger partial charge in [0, 0.05) is 44.3 Å². The molecule has 0 N–H and O–H groups in total. The highest BCUT2D eigenvalue weighted by Gasteiger charge is 2.32. The van der Waals surface area contributed by atoms with Gasteiger partial charge in [-0.25, -0.2) is 4.79 Å². The summed E-state index contributed by atoms with van der Waals surface area (Å²) in [4.78, 5) is 31.3. The number of amides is 2. The average molecular weight is 373 g/mol. The lowest BCUT2D eigenvalue weighted by atomic mass is 9.95. The van der Waals surface area contributed by atoms with Gasteiger partial charge in [-0.1, -0.05) is 32.0 Å². The van der Waals surface area contributed by atoms with Crippen molar-refractivity contribution < 1.29 is 14.3 Å². The second-order valence-corrected chi connectivity index (χ2v) is 8.09. The number of anilines is 1. The maximum atomic E-state index is 13.2. The number of hydrogen-bond acceptors (Lipinski definition) is 4. The summed E-state index contributed by atoms with van der Waals surface area (Å²) >= 11 is 0. The summed E-state index contributed by atoms with van der Waals surface area (Å²) in [6.45, 7) is 8.09. The Morgan fingerprint density at radius 3 is 2.52 bits per heavy atom. The Labute approximate surface area is 162 Å². The van der Waals surface area contributed by atoms with Crippen LogP contribution in [-0.2, 0) is 16.1 Å². The summed E-state index contributed by atoms with van der Waals surface area (Å²) in [7, 11) is 2.09. The molecule has 2 heterocycles. The van der Waals surface area contributed by atoms with Crippen molar-refractivity contribution in [1.82, 2.24) is 9.80 Å². The maximum Gasteiger partial charge on any atom is 0.409 e. The first-order chi connectivity index (χ1) is 13.0. The summed E-state index contributed by atoms with van der Waals surface area (Å²) in [5.41, 5.74) is 2.23. The maximum absolute atomic E-state index is 13.2. The Morgan fingerprint density at radius 1 is 1.11 bits per heavy atom. The van der Waals surface area contributed by atoms with Gasteiger partial charge in [-0.05, 0) is 37.4 Å². The third-order valence-electron chi connectivity index (χ3n) is 5.34. The average Bonchev–Trinajstić information content (AvgIpc) is 2.83. The summed E-state index contributed by atoms with van der Waals surface area (Å²) in [6.07, 6.45) is 1.14. The van der Waals surface area contributed by atoms with Gasteiger partial charge in [-0.2, -0.15) is 0 Å². The quantitative estimate of drug-likeness (QED) is 0.817. The van der Waals surface area contributed by atoms with Crippen molar-refractivity contribution in [2.75, 3.05) is 44.7 Å². The number of piperidine rings is 1. The minimum Gasteiger partial charge on any atom is -0.449 e. The van der Waals surface area contributed by atoms with Crippen LogP contribution in [-0.4, -0.2) is 61.6 Å². The van der Waals surface area contributed by atoms with E-state index in [-0.39, 0.29) is 17.9 Å². The lowest BCUT2D eigenvalue weighted by Gasteiger charge is -2.34. The molecule has 6 heteroatoms. The minimum absolute atomic E-state index is 0.0318. The van der Waals surface area contributed by atoms with Crippen molar-refractivity contribution >= 4 is 17.7 Å². The molecule has 1 aromatic carbocycles. The van der Waals surface area contributed by atoms with E-state index < -0.39 is 0 Å². The third-order valence-corrected chi connectivity index (χ3v) is 5.34. The van der Waals surface area contributed by atoms with E-state index in [0.29, 0.717) is 45.0 Å². The number of likely N-dealkylation sites (tertiary alicyclic amines) is 1. The number of fused-ring (bicyclic) bond motifs is 1. The molecule has 6 nitrogen and oxygen atoms in total. The zero-order valence-electron chi connectivity index (χ0n) is 16.7. The minimum atomic E-state index is -0.253. The molecule has 3 rings (SSSR count). The van der Waals surface area contributed by atoms with Gasteiger partial charge in [0.05, 0.1) is 6.61 Å². The predicted molar refractivity (Wildman–Crippen MR) is 106 cm³/mol. The molecule has 148 valence electrons. The fourth-order valence-electron chi connectivity index (χ4n) is 3.76. The normalized spacial score (nSPS) is 19.0. The first-order valence-electron chi connectivity index (χ1n) is 9.95. The lowest BCUT2D eigenvalue weighted by molar-refractivity contribution is -0.123. The first-order valence-corrected chi connectivity index (χ1v) is 9.95. The van der Waals surface area contributed by atoms with Crippen molar-refractivity contribution in [1.29, 1.82) is 0 Å². The molecule has 2 amide bonds. The zero-order valence-corrected chi connectivity index (χ0v) is 16.7. The van der Waals surface area contributed by atoms with E-state index in [1.54, 1.807) is 4.90 Å². The van der Waals surface area contributed by atoms with Crippen LogP contribution in [0.4, 0.5) is 10.5 Å². The molecule has 2 aliphatic heterocycles. The SMILES string of the molecule is CC(C)COC(=O)N1CCC(C(=O)N2CCN(C)Cc3ccccc32)CC1. The Kier molecular flexibility index (Phi) is 6.37. The summed E-state index contributed by atoms with van der Waals surface area (Å²) in [5, 5.41) is 0. The van der Waals surface area contributed by atoms with Gasteiger partial charge in [0.2, 0.25) is 5.91 Å². The van der Waals surface area contributed by atoms with Crippen LogP contribution in [0.3, 0.4) is 0 Å². The molecule has 0 aromatic heterocycles. The van der Waals surface area contributed by atoms with E-state index in [1.165, 1.54) is 5.56 Å². The molecule has 2 aliphatic rings. The number of nitrogens with zero attached hydrogens (tertiary/aromatic N) is 3. The topological polar surface area (TPSA) is 53.1 Å². The number of para-hydroxylation sites is 1. The number of benzene rings is 1. The van der Waals surface area contributed by atoms with Gasteiger partial charge in [-0.15, -0.1) is 0 Å². The van der Waals surface area contributed by atoms with Gasteiger partial charge in [0.25, 0.3) is 0 Å². The molecule has 1 fully saturated rings. The molecule has 0 aliphatic carbocycles. The molecule has 0 bridgehead atoms. The van der Waals surface area contributed by atoms with Crippen molar-refractivity contribution in [3.05, 3.63) is 29.8 Å². The number of hydrogen-bond donors (Lipinski definition) is 0. The van der Waals surface area contributed by atoms with Crippen LogP contribution < -0.4 is 4.90 Å². The van der Waals surface area contributed by atoms with Crippen molar-refractivity contribution in [3.63, 3.8) is 0 Å². The number of carbonyl (C=O) groups is 2. The van der Waals surface area contributed by atoms with Crippen LogP contribution in [0, 0.1) is 11.8 Å². The van der Waals surface area contributed by atoms with E-state index in [1.807, 2.05) is 36.9 Å². The number of likely N-dealkylation sites (N-methyl/N-ethyl adjacent to an activating group) is 1. The van der Waals surface area contributed by atoms with Crippen LogP contribution in [0.2, 0.25) is 0 Å². The first kappa shape index (κ1) is 19.7. The number of ether oxygens (including phenoxy) is 1. The highest BCUT2D eigenvalue weighted by atomic mass is 16.6. The van der Waals surface area contributed by atoms with Crippen LogP contribution >= 0.6 is 0 Å². The van der Waals surface area contributed by atoms with Crippen molar-refractivity contribution in [2.45, 2.75) is 33.2 Å². The van der Waals surface area contributed by atoms with Crippen LogP contribution in [0.15, 0.2) is 24.3 Å². The van der Waals surface area contributed by atoms with Crippen LogP contribution in [0.1, 0.15) is 32.3 Å². The summed E-state index contributed by atoms with van der Waals surface area (Å²) < 4.78 is 5.32. The summed E-state index contributed by atoms with van der Waals surface area (Å²) in [6, 6.07) is 8.18. The monoisotopic (exact) mass is 373 g/mol. The van der Waals surface area contributed by atoms with Crippen molar-refractivity contribution in [2.24, 2.45) is 11.8 Å². The molecular weight excluding hydrogens is 342 g/mol. The molecule has 0 saturated carbocycles. The lowest BCUT2D eigenvalue weighted by Crippen LogP contribution is -2.45. The Balaban J connectivity index is 1.62. The Hall–Kier alpha value is -2.08. The third kappa shape index (κ3) is 4.80. The Bertz CT molecular complexity index is 668. The standard InChI is InChI=1S/C21H31N3O3/c1-16(2)15-27-21(26)23-10-8-17(9-11-23)20(25)24-13-12-22(3)14-18-6-4-5-7-19(18)24/h4-7,16-17H,8-15H2,1-3H3. The summed E-state index contributed by atoms with van der Waals surface area (Å²) in [5.74, 6) is 0.484. The molecule has 0 radical (unpaired) electrons. The number of rotatable bonds is 3. The molecule has 1 aromatic rings. The highest BCUT2D eigenvalue weighted by Crippen LogP contribution is 2.28. The molecule has 0 spiro atoms. The van der Waals surface area contributed by atoms with E-state index >= 15 is 0 Å². The fourth-order valence-corrected chi connectivity index (χ4v) is 3.76. The highest BCUT2D eigenvalue weighted by molar-refractivity contribution is 5.96. The number of carbonyl (C=O) groups excluding carboxylic acids is 2. The van der Waals surface area contributed by atoms with E-state index in [2.05, 4.69) is 18.0 Å². The smallest absolute Gasteiger partial charge is 0.409 e. The van der Waals surface area contributed by atoms with Crippen LogP contribution in [0.5, 0.6) is 0 Å². The largest absolute Gasteiger partial charge is 0.449 e.